The van der Waals surface area contributed by atoms with Gasteiger partial charge in [0.25, 0.3) is 0 Å². The maximum atomic E-state index is 5.96. The van der Waals surface area contributed by atoms with Gasteiger partial charge in [0.15, 0.2) is 0 Å². The van der Waals surface area contributed by atoms with E-state index in [9.17, 15) is 0 Å². The van der Waals surface area contributed by atoms with Crippen molar-refractivity contribution in [2.75, 3.05) is 0 Å². The van der Waals surface area contributed by atoms with Crippen molar-refractivity contribution < 1.29 is 0 Å². The SMILES string of the molecule is CC(NCc1ccc2cc[nH]c2c1)c1ccc(Cl)s1. The number of aromatic nitrogens is 1. The highest BCUT2D eigenvalue weighted by Crippen LogP contribution is 2.26. The Hall–Kier alpha value is -1.29. The molecule has 1 aromatic carbocycles. The van der Waals surface area contributed by atoms with Crippen LogP contribution in [-0.4, -0.2) is 4.98 Å². The number of rotatable bonds is 4. The highest BCUT2D eigenvalue weighted by atomic mass is 35.5. The van der Waals surface area contributed by atoms with Gasteiger partial charge in [-0.3, -0.25) is 0 Å². The van der Waals surface area contributed by atoms with E-state index >= 15 is 0 Å². The van der Waals surface area contributed by atoms with Gasteiger partial charge in [-0.15, -0.1) is 11.3 Å². The summed E-state index contributed by atoms with van der Waals surface area (Å²) in [4.78, 5) is 4.51. The smallest absolute Gasteiger partial charge is 0.0931 e. The number of aromatic amines is 1. The van der Waals surface area contributed by atoms with Crippen molar-refractivity contribution >= 4 is 33.8 Å². The van der Waals surface area contributed by atoms with Crippen LogP contribution in [0.25, 0.3) is 10.9 Å². The first-order valence-electron chi connectivity index (χ1n) is 6.27. The van der Waals surface area contributed by atoms with E-state index in [0.29, 0.717) is 6.04 Å². The summed E-state index contributed by atoms with van der Waals surface area (Å²) in [5.41, 5.74) is 2.47. The third kappa shape index (κ3) is 2.84. The number of H-pyrrole nitrogens is 1. The summed E-state index contributed by atoms with van der Waals surface area (Å²) in [5, 5.41) is 4.77. The molecule has 2 N–H and O–H groups in total. The van der Waals surface area contributed by atoms with Gasteiger partial charge in [0.1, 0.15) is 0 Å². The van der Waals surface area contributed by atoms with E-state index in [1.54, 1.807) is 11.3 Å². The highest BCUT2D eigenvalue weighted by molar-refractivity contribution is 7.16. The van der Waals surface area contributed by atoms with Crippen molar-refractivity contribution in [2.45, 2.75) is 19.5 Å². The van der Waals surface area contributed by atoms with Crippen molar-refractivity contribution in [1.82, 2.24) is 10.3 Å². The molecule has 0 aliphatic heterocycles. The zero-order chi connectivity index (χ0) is 13.2. The molecule has 1 atom stereocenters. The number of nitrogens with one attached hydrogen (secondary N) is 2. The molecular formula is C15H15ClN2S. The molecule has 2 aromatic heterocycles. The summed E-state index contributed by atoms with van der Waals surface area (Å²) in [7, 11) is 0. The van der Waals surface area contributed by atoms with Gasteiger partial charge in [0.2, 0.25) is 0 Å². The number of thiophene rings is 1. The number of halogens is 1. The van der Waals surface area contributed by atoms with E-state index in [1.165, 1.54) is 21.3 Å². The molecule has 2 nitrogen and oxygen atoms in total. The molecule has 98 valence electrons. The van der Waals surface area contributed by atoms with Crippen LogP contribution in [0.15, 0.2) is 42.6 Å². The molecule has 0 saturated heterocycles. The maximum Gasteiger partial charge on any atom is 0.0931 e. The molecule has 0 spiro atoms. The Balaban J connectivity index is 1.68. The second-order valence-corrected chi connectivity index (χ2v) is 6.39. The van der Waals surface area contributed by atoms with Crippen LogP contribution in [-0.2, 0) is 6.54 Å². The molecule has 0 aliphatic rings. The maximum absolute atomic E-state index is 5.96. The average molecular weight is 291 g/mol. The van der Waals surface area contributed by atoms with Gasteiger partial charge in [-0.25, -0.2) is 0 Å². The summed E-state index contributed by atoms with van der Waals surface area (Å²) in [5.74, 6) is 0. The van der Waals surface area contributed by atoms with Crippen molar-refractivity contribution in [3.8, 4) is 0 Å². The van der Waals surface area contributed by atoms with E-state index < -0.39 is 0 Å². The summed E-state index contributed by atoms with van der Waals surface area (Å²) in [6, 6.07) is 12.9. The summed E-state index contributed by atoms with van der Waals surface area (Å²) >= 11 is 7.59. The van der Waals surface area contributed by atoms with Gasteiger partial charge in [-0.1, -0.05) is 23.7 Å². The quantitative estimate of drug-likeness (QED) is 0.714. The molecular weight excluding hydrogens is 276 g/mol. The minimum atomic E-state index is 0.317. The first kappa shape index (κ1) is 12.7. The molecule has 2 heterocycles. The molecule has 0 fully saturated rings. The van der Waals surface area contributed by atoms with Crippen LogP contribution < -0.4 is 5.32 Å². The van der Waals surface area contributed by atoms with Crippen LogP contribution in [0, 0.1) is 0 Å². The van der Waals surface area contributed by atoms with Gasteiger partial charge < -0.3 is 10.3 Å². The number of fused-ring (bicyclic) bond motifs is 1. The first-order valence-corrected chi connectivity index (χ1v) is 7.46. The molecule has 0 bridgehead atoms. The Morgan fingerprint density at radius 2 is 2.16 bits per heavy atom. The minimum Gasteiger partial charge on any atom is -0.361 e. The van der Waals surface area contributed by atoms with Crippen molar-refractivity contribution in [3.63, 3.8) is 0 Å². The van der Waals surface area contributed by atoms with Gasteiger partial charge >= 0.3 is 0 Å². The Morgan fingerprint density at radius 3 is 2.95 bits per heavy atom. The van der Waals surface area contributed by atoms with Gasteiger partial charge in [-0.2, -0.15) is 0 Å². The zero-order valence-electron chi connectivity index (χ0n) is 10.6. The third-order valence-corrected chi connectivity index (χ3v) is 4.67. The Labute approximate surface area is 121 Å². The van der Waals surface area contributed by atoms with E-state index in [2.05, 4.69) is 47.6 Å². The van der Waals surface area contributed by atoms with E-state index in [-0.39, 0.29) is 0 Å². The van der Waals surface area contributed by atoms with Crippen LogP contribution >= 0.6 is 22.9 Å². The van der Waals surface area contributed by atoms with Crippen molar-refractivity contribution in [2.24, 2.45) is 0 Å². The lowest BCUT2D eigenvalue weighted by Gasteiger charge is -2.12. The molecule has 3 aromatic rings. The first-order chi connectivity index (χ1) is 9.22. The summed E-state index contributed by atoms with van der Waals surface area (Å²) in [6.45, 7) is 3.01. The topological polar surface area (TPSA) is 27.8 Å². The largest absolute Gasteiger partial charge is 0.361 e. The minimum absolute atomic E-state index is 0.317. The molecule has 0 radical (unpaired) electrons. The fourth-order valence-corrected chi connectivity index (χ4v) is 3.23. The lowest BCUT2D eigenvalue weighted by Crippen LogP contribution is -2.17. The molecule has 4 heteroatoms. The lowest BCUT2D eigenvalue weighted by molar-refractivity contribution is 0.583. The third-order valence-electron chi connectivity index (χ3n) is 3.25. The zero-order valence-corrected chi connectivity index (χ0v) is 12.2. The Bertz CT molecular complexity index is 686. The monoisotopic (exact) mass is 290 g/mol. The molecule has 19 heavy (non-hydrogen) atoms. The number of hydrogen-bond acceptors (Lipinski definition) is 2. The highest BCUT2D eigenvalue weighted by Gasteiger charge is 2.07. The second-order valence-electron chi connectivity index (χ2n) is 4.64. The van der Waals surface area contributed by atoms with Crippen LogP contribution in [0.4, 0.5) is 0 Å². The summed E-state index contributed by atoms with van der Waals surface area (Å²) in [6.07, 6.45) is 1.97. The molecule has 0 amide bonds. The van der Waals surface area contributed by atoms with E-state index in [1.807, 2.05) is 12.3 Å². The standard InChI is InChI=1S/C15H15ClN2S/c1-10(14-4-5-15(16)19-14)18-9-11-2-3-12-6-7-17-13(12)8-11/h2-8,10,17-18H,9H2,1H3. The number of hydrogen-bond donors (Lipinski definition) is 2. The van der Waals surface area contributed by atoms with Gasteiger partial charge in [0, 0.05) is 29.2 Å². The molecule has 0 saturated carbocycles. The summed E-state index contributed by atoms with van der Waals surface area (Å²) < 4.78 is 0.844. The van der Waals surface area contributed by atoms with Crippen LogP contribution in [0.5, 0.6) is 0 Å². The van der Waals surface area contributed by atoms with Crippen molar-refractivity contribution in [3.05, 3.63) is 57.4 Å². The fourth-order valence-electron chi connectivity index (χ4n) is 2.14. The molecule has 0 aliphatic carbocycles. The fraction of sp³-hybridized carbons (Fsp3) is 0.200. The average Bonchev–Trinajstić information content (AvgIpc) is 3.03. The molecule has 1 unspecified atom stereocenters. The van der Waals surface area contributed by atoms with E-state index in [0.717, 1.165) is 10.9 Å². The van der Waals surface area contributed by atoms with Crippen LogP contribution in [0.2, 0.25) is 4.34 Å². The second kappa shape index (κ2) is 5.37. The predicted octanol–water partition coefficient (Wildman–Crippen LogP) is 4.73. The van der Waals surface area contributed by atoms with Crippen LogP contribution in [0.3, 0.4) is 0 Å². The molecule has 3 rings (SSSR count). The van der Waals surface area contributed by atoms with Gasteiger partial charge in [0.05, 0.1) is 4.34 Å². The van der Waals surface area contributed by atoms with Crippen LogP contribution in [0.1, 0.15) is 23.4 Å². The Morgan fingerprint density at radius 1 is 1.26 bits per heavy atom. The lowest BCUT2D eigenvalue weighted by atomic mass is 10.1. The van der Waals surface area contributed by atoms with Gasteiger partial charge in [-0.05, 0) is 42.1 Å². The van der Waals surface area contributed by atoms with E-state index in [4.69, 9.17) is 11.6 Å². The predicted molar refractivity (Wildman–Crippen MR) is 82.9 cm³/mol. The van der Waals surface area contributed by atoms with Crippen molar-refractivity contribution in [1.29, 1.82) is 0 Å². The normalized spacial score (nSPS) is 12.9. The Kier molecular flexibility index (Phi) is 3.60. The number of benzene rings is 1.